The maximum atomic E-state index is 13.0. The Hall–Kier alpha value is -3.02. The Labute approximate surface area is 119 Å². The molecule has 0 fully saturated rings. The molecule has 0 radical (unpaired) electrons. The van der Waals surface area contributed by atoms with E-state index in [9.17, 15) is 19.3 Å². The van der Waals surface area contributed by atoms with Crippen molar-refractivity contribution in [2.24, 2.45) is 0 Å². The topological polar surface area (TPSA) is 72.2 Å². The van der Waals surface area contributed by atoms with Gasteiger partial charge in [0.2, 0.25) is 5.91 Å². The quantitative estimate of drug-likeness (QED) is 0.532. The van der Waals surface area contributed by atoms with Gasteiger partial charge in [0.05, 0.1) is 4.92 Å². The maximum absolute atomic E-state index is 13.0. The first-order valence-corrected chi connectivity index (χ1v) is 6.04. The number of anilines is 1. The highest BCUT2D eigenvalue weighted by molar-refractivity contribution is 6.01. The number of nitrogens with zero attached hydrogens (tertiary/aromatic N) is 1. The van der Waals surface area contributed by atoms with Gasteiger partial charge in [0, 0.05) is 23.9 Å². The van der Waals surface area contributed by atoms with Crippen LogP contribution < -0.4 is 5.32 Å². The van der Waals surface area contributed by atoms with E-state index in [1.54, 1.807) is 12.1 Å². The van der Waals surface area contributed by atoms with E-state index < -0.39 is 10.8 Å². The van der Waals surface area contributed by atoms with Crippen LogP contribution in [0.4, 0.5) is 15.8 Å². The van der Waals surface area contributed by atoms with E-state index in [2.05, 4.69) is 5.32 Å². The second-order valence-electron chi connectivity index (χ2n) is 4.18. The normalized spacial score (nSPS) is 10.5. The molecular formula is C15H11FN2O3. The SMILES string of the molecule is O=C(/C=C/c1cccc(F)c1)Nc1ccc([N+](=O)[O-])cc1. The third-order valence-electron chi connectivity index (χ3n) is 2.62. The lowest BCUT2D eigenvalue weighted by atomic mass is 10.2. The summed E-state index contributed by atoms with van der Waals surface area (Å²) in [7, 11) is 0. The highest BCUT2D eigenvalue weighted by atomic mass is 19.1. The van der Waals surface area contributed by atoms with Crippen molar-refractivity contribution in [2.75, 3.05) is 5.32 Å². The molecule has 6 heteroatoms. The number of non-ortho nitro benzene ring substituents is 1. The second-order valence-corrected chi connectivity index (χ2v) is 4.18. The average molecular weight is 286 g/mol. The zero-order chi connectivity index (χ0) is 15.2. The largest absolute Gasteiger partial charge is 0.323 e. The van der Waals surface area contributed by atoms with Gasteiger partial charge >= 0.3 is 0 Å². The zero-order valence-electron chi connectivity index (χ0n) is 10.8. The standard InChI is InChI=1S/C15H11FN2O3/c16-12-3-1-2-11(10-12)4-9-15(19)17-13-5-7-14(8-6-13)18(20)21/h1-10H,(H,17,19)/b9-4+. The molecule has 2 aromatic rings. The number of carbonyl (C=O) groups is 1. The fourth-order valence-corrected chi connectivity index (χ4v) is 1.63. The van der Waals surface area contributed by atoms with Gasteiger partial charge in [0.1, 0.15) is 5.82 Å². The molecule has 2 rings (SSSR count). The van der Waals surface area contributed by atoms with Gasteiger partial charge in [0.25, 0.3) is 5.69 Å². The Morgan fingerprint density at radius 1 is 1.19 bits per heavy atom. The zero-order valence-corrected chi connectivity index (χ0v) is 10.8. The van der Waals surface area contributed by atoms with Crippen LogP contribution in [-0.4, -0.2) is 10.8 Å². The molecule has 0 heterocycles. The van der Waals surface area contributed by atoms with Crippen molar-refractivity contribution in [3.63, 3.8) is 0 Å². The van der Waals surface area contributed by atoms with E-state index in [1.165, 1.54) is 48.6 Å². The van der Waals surface area contributed by atoms with Crippen molar-refractivity contribution in [2.45, 2.75) is 0 Å². The molecular weight excluding hydrogens is 275 g/mol. The molecule has 0 spiro atoms. The average Bonchev–Trinajstić information content (AvgIpc) is 2.46. The van der Waals surface area contributed by atoms with Crippen LogP contribution in [0.5, 0.6) is 0 Å². The molecule has 0 aromatic heterocycles. The Bertz CT molecular complexity index is 696. The van der Waals surface area contributed by atoms with Crippen molar-refractivity contribution < 1.29 is 14.1 Å². The molecule has 21 heavy (non-hydrogen) atoms. The smallest absolute Gasteiger partial charge is 0.269 e. The summed E-state index contributed by atoms with van der Waals surface area (Å²) >= 11 is 0. The van der Waals surface area contributed by atoms with Gasteiger partial charge in [-0.05, 0) is 35.9 Å². The number of hydrogen-bond donors (Lipinski definition) is 1. The summed E-state index contributed by atoms with van der Waals surface area (Å²) in [4.78, 5) is 21.6. The van der Waals surface area contributed by atoms with Crippen LogP contribution in [-0.2, 0) is 4.79 Å². The molecule has 0 aliphatic carbocycles. The van der Waals surface area contributed by atoms with Crippen LogP contribution in [0.25, 0.3) is 6.08 Å². The Morgan fingerprint density at radius 2 is 1.90 bits per heavy atom. The molecule has 5 nitrogen and oxygen atoms in total. The third kappa shape index (κ3) is 4.24. The summed E-state index contributed by atoms with van der Waals surface area (Å²) in [5.74, 6) is -0.791. The number of carbonyl (C=O) groups excluding carboxylic acids is 1. The molecule has 0 atom stereocenters. The fraction of sp³-hybridized carbons (Fsp3) is 0. The van der Waals surface area contributed by atoms with E-state index in [0.717, 1.165) is 0 Å². The van der Waals surface area contributed by atoms with E-state index in [4.69, 9.17) is 0 Å². The number of hydrogen-bond acceptors (Lipinski definition) is 3. The van der Waals surface area contributed by atoms with Crippen LogP contribution in [0.2, 0.25) is 0 Å². The molecule has 1 amide bonds. The highest BCUT2D eigenvalue weighted by Crippen LogP contribution is 2.15. The Kier molecular flexibility index (Phi) is 4.40. The summed E-state index contributed by atoms with van der Waals surface area (Å²) < 4.78 is 13.0. The van der Waals surface area contributed by atoms with Crippen LogP contribution in [0.3, 0.4) is 0 Å². The van der Waals surface area contributed by atoms with E-state index in [1.807, 2.05) is 0 Å². The van der Waals surface area contributed by atoms with Crippen LogP contribution >= 0.6 is 0 Å². The number of rotatable bonds is 4. The predicted molar refractivity (Wildman–Crippen MR) is 77.2 cm³/mol. The van der Waals surface area contributed by atoms with Gasteiger partial charge in [-0.25, -0.2) is 4.39 Å². The summed E-state index contributed by atoms with van der Waals surface area (Å²) in [5.41, 5.74) is 0.951. The van der Waals surface area contributed by atoms with Crippen molar-refractivity contribution in [1.29, 1.82) is 0 Å². The van der Waals surface area contributed by atoms with Gasteiger partial charge in [-0.2, -0.15) is 0 Å². The lowest BCUT2D eigenvalue weighted by Crippen LogP contribution is -2.07. The van der Waals surface area contributed by atoms with Crippen molar-refractivity contribution in [1.82, 2.24) is 0 Å². The van der Waals surface area contributed by atoms with E-state index in [-0.39, 0.29) is 11.5 Å². The molecule has 0 saturated carbocycles. The van der Waals surface area contributed by atoms with Gasteiger partial charge in [-0.15, -0.1) is 0 Å². The highest BCUT2D eigenvalue weighted by Gasteiger charge is 2.04. The molecule has 0 aliphatic rings. The third-order valence-corrected chi connectivity index (χ3v) is 2.62. The molecule has 1 N–H and O–H groups in total. The van der Waals surface area contributed by atoms with Crippen LogP contribution in [0.15, 0.2) is 54.6 Å². The first kappa shape index (κ1) is 14.4. The second kappa shape index (κ2) is 6.42. The lowest BCUT2D eigenvalue weighted by Gasteiger charge is -2.01. The van der Waals surface area contributed by atoms with E-state index in [0.29, 0.717) is 11.3 Å². The Balaban J connectivity index is 1.99. The van der Waals surface area contributed by atoms with E-state index >= 15 is 0 Å². The first-order valence-electron chi connectivity index (χ1n) is 6.04. The monoisotopic (exact) mass is 286 g/mol. The van der Waals surface area contributed by atoms with Crippen LogP contribution in [0.1, 0.15) is 5.56 Å². The molecule has 0 saturated heterocycles. The lowest BCUT2D eigenvalue weighted by molar-refractivity contribution is -0.384. The predicted octanol–water partition coefficient (Wildman–Crippen LogP) is 3.39. The minimum atomic E-state index is -0.518. The van der Waals surface area contributed by atoms with Crippen molar-refractivity contribution >= 4 is 23.4 Å². The summed E-state index contributed by atoms with van der Waals surface area (Å²) in [6.45, 7) is 0. The van der Waals surface area contributed by atoms with Crippen molar-refractivity contribution in [3.8, 4) is 0 Å². The number of halogens is 1. The number of amides is 1. The molecule has 0 unspecified atom stereocenters. The molecule has 2 aromatic carbocycles. The van der Waals surface area contributed by atoms with Gasteiger partial charge in [-0.3, -0.25) is 14.9 Å². The molecule has 0 aliphatic heterocycles. The number of benzene rings is 2. The fourth-order valence-electron chi connectivity index (χ4n) is 1.63. The number of nitrogens with one attached hydrogen (secondary N) is 1. The first-order chi connectivity index (χ1) is 10.0. The molecule has 0 bridgehead atoms. The number of nitro groups is 1. The molecule has 106 valence electrons. The van der Waals surface area contributed by atoms with Gasteiger partial charge in [0.15, 0.2) is 0 Å². The summed E-state index contributed by atoms with van der Waals surface area (Å²) in [6.07, 6.45) is 2.74. The number of nitro benzene ring substituents is 1. The van der Waals surface area contributed by atoms with Crippen molar-refractivity contribution in [3.05, 3.63) is 76.1 Å². The summed E-state index contributed by atoms with van der Waals surface area (Å²) in [6, 6.07) is 11.3. The summed E-state index contributed by atoms with van der Waals surface area (Å²) in [5, 5.41) is 13.0. The minimum absolute atomic E-state index is 0.0525. The van der Waals surface area contributed by atoms with Crippen LogP contribution in [0, 0.1) is 15.9 Å². The Morgan fingerprint density at radius 3 is 2.52 bits per heavy atom. The minimum Gasteiger partial charge on any atom is -0.323 e. The maximum Gasteiger partial charge on any atom is 0.269 e. The van der Waals surface area contributed by atoms with Gasteiger partial charge < -0.3 is 5.32 Å². The van der Waals surface area contributed by atoms with Gasteiger partial charge in [-0.1, -0.05) is 12.1 Å².